The minimum Gasteiger partial charge on any atom is -0.452 e. The number of thioether (sulfide) groups is 1. The smallest absolute Gasteiger partial charge is 0.338 e. The third-order valence-electron chi connectivity index (χ3n) is 4.15. The first kappa shape index (κ1) is 19.2. The molecule has 144 valence electrons. The number of ether oxygens (including phenoxy) is 1. The Labute approximate surface area is 161 Å². The molecule has 27 heavy (non-hydrogen) atoms. The first-order chi connectivity index (χ1) is 12.9. The number of benzene rings is 1. The largest absolute Gasteiger partial charge is 0.452 e. The van der Waals surface area contributed by atoms with E-state index in [1.807, 2.05) is 0 Å². The monoisotopic (exact) mass is 391 g/mol. The van der Waals surface area contributed by atoms with Crippen LogP contribution >= 0.6 is 11.8 Å². The van der Waals surface area contributed by atoms with Gasteiger partial charge in [0.1, 0.15) is 0 Å². The van der Waals surface area contributed by atoms with E-state index in [1.165, 1.54) is 23.7 Å². The Kier molecular flexibility index (Phi) is 6.00. The zero-order valence-corrected chi connectivity index (χ0v) is 15.8. The maximum atomic E-state index is 12.2. The molecule has 2 aliphatic rings. The molecular weight excluding hydrogens is 370 g/mol. The quantitative estimate of drug-likeness (QED) is 0.702. The highest BCUT2D eigenvalue weighted by atomic mass is 32.2. The first-order valence-electron chi connectivity index (χ1n) is 8.69. The van der Waals surface area contributed by atoms with Crippen molar-refractivity contribution in [1.82, 2.24) is 10.2 Å². The lowest BCUT2D eigenvalue weighted by molar-refractivity contribution is -0.137. The van der Waals surface area contributed by atoms with Gasteiger partial charge in [-0.05, 0) is 31.0 Å². The zero-order valence-electron chi connectivity index (χ0n) is 14.9. The van der Waals surface area contributed by atoms with Crippen LogP contribution in [0.4, 0.5) is 5.69 Å². The van der Waals surface area contributed by atoms with Crippen LogP contribution in [0.5, 0.6) is 0 Å². The molecule has 0 saturated heterocycles. The van der Waals surface area contributed by atoms with E-state index in [0.29, 0.717) is 17.9 Å². The highest BCUT2D eigenvalue weighted by molar-refractivity contribution is 7.99. The average Bonchev–Trinajstić information content (AvgIpc) is 3.45. The summed E-state index contributed by atoms with van der Waals surface area (Å²) in [4.78, 5) is 49.7. The van der Waals surface area contributed by atoms with Crippen LogP contribution in [-0.2, 0) is 19.1 Å². The Morgan fingerprint density at radius 3 is 2.85 bits per heavy atom. The maximum absolute atomic E-state index is 12.2. The minimum absolute atomic E-state index is 0.0744. The van der Waals surface area contributed by atoms with Gasteiger partial charge in [-0.25, -0.2) is 4.79 Å². The lowest BCUT2D eigenvalue weighted by Gasteiger charge is -2.16. The van der Waals surface area contributed by atoms with Crippen molar-refractivity contribution < 1.29 is 23.9 Å². The molecule has 0 unspecified atom stereocenters. The molecule has 0 aromatic heterocycles. The normalized spacial score (nSPS) is 15.8. The average molecular weight is 391 g/mol. The number of amides is 3. The second-order valence-corrected chi connectivity index (χ2v) is 7.66. The van der Waals surface area contributed by atoms with Crippen molar-refractivity contribution in [2.45, 2.75) is 30.2 Å². The summed E-state index contributed by atoms with van der Waals surface area (Å²) in [6.07, 6.45) is 2.36. The van der Waals surface area contributed by atoms with E-state index in [0.717, 1.165) is 17.7 Å². The molecule has 1 aromatic rings. The van der Waals surface area contributed by atoms with Gasteiger partial charge >= 0.3 is 5.97 Å². The van der Waals surface area contributed by atoms with Crippen LogP contribution < -0.4 is 10.6 Å². The Bertz CT molecular complexity index is 778. The molecule has 1 aliphatic heterocycles. The number of nitrogens with zero attached hydrogens (tertiary/aromatic N) is 1. The van der Waals surface area contributed by atoms with Crippen molar-refractivity contribution >= 4 is 41.1 Å². The second kappa shape index (κ2) is 8.43. The fourth-order valence-corrected chi connectivity index (χ4v) is 3.41. The van der Waals surface area contributed by atoms with E-state index in [4.69, 9.17) is 4.74 Å². The lowest BCUT2D eigenvalue weighted by atomic mass is 10.2. The van der Waals surface area contributed by atoms with E-state index in [1.54, 1.807) is 18.2 Å². The zero-order chi connectivity index (χ0) is 19.4. The Hall–Kier alpha value is -2.55. The van der Waals surface area contributed by atoms with Gasteiger partial charge in [0, 0.05) is 30.2 Å². The molecule has 1 heterocycles. The third kappa shape index (κ3) is 5.46. The van der Waals surface area contributed by atoms with Crippen molar-refractivity contribution in [2.24, 2.45) is 0 Å². The van der Waals surface area contributed by atoms with Gasteiger partial charge in [0.2, 0.25) is 11.8 Å². The number of carbonyl (C=O) groups excluding carboxylic acids is 4. The molecule has 1 aromatic carbocycles. The van der Waals surface area contributed by atoms with Gasteiger partial charge in [-0.1, -0.05) is 0 Å². The van der Waals surface area contributed by atoms with Gasteiger partial charge in [0.15, 0.2) is 6.61 Å². The second-order valence-electron chi connectivity index (χ2n) is 6.53. The highest BCUT2D eigenvalue weighted by Crippen LogP contribution is 2.31. The number of likely N-dealkylation sites (N-methyl/N-ethyl adjacent to an activating group) is 1. The van der Waals surface area contributed by atoms with Crippen molar-refractivity contribution in [3.8, 4) is 0 Å². The maximum Gasteiger partial charge on any atom is 0.338 e. The number of hydrogen-bond donors (Lipinski definition) is 2. The summed E-state index contributed by atoms with van der Waals surface area (Å²) in [5.41, 5.74) is 0.815. The first-order valence-corrected chi connectivity index (χ1v) is 9.68. The molecule has 1 aliphatic carbocycles. The van der Waals surface area contributed by atoms with Crippen LogP contribution in [0.2, 0.25) is 0 Å². The van der Waals surface area contributed by atoms with Crippen LogP contribution in [-0.4, -0.2) is 60.6 Å². The fraction of sp³-hybridized carbons (Fsp3) is 0.444. The van der Waals surface area contributed by atoms with Crippen LogP contribution in [0.15, 0.2) is 23.1 Å². The topological polar surface area (TPSA) is 105 Å². The molecule has 0 atom stereocenters. The predicted molar refractivity (Wildman–Crippen MR) is 99.5 cm³/mol. The third-order valence-corrected chi connectivity index (χ3v) is 5.23. The Balaban J connectivity index is 1.51. The number of esters is 1. The number of fused-ring (bicyclic) bond motifs is 1. The summed E-state index contributed by atoms with van der Waals surface area (Å²) >= 11 is 1.54. The van der Waals surface area contributed by atoms with Crippen molar-refractivity contribution in [3.63, 3.8) is 0 Å². The molecule has 1 fully saturated rings. The number of anilines is 1. The molecule has 0 radical (unpaired) electrons. The van der Waals surface area contributed by atoms with Crippen molar-refractivity contribution in [3.05, 3.63) is 23.8 Å². The molecule has 2 N–H and O–H groups in total. The van der Waals surface area contributed by atoms with Gasteiger partial charge in [-0.3, -0.25) is 14.4 Å². The van der Waals surface area contributed by atoms with E-state index in [9.17, 15) is 19.2 Å². The van der Waals surface area contributed by atoms with Crippen LogP contribution in [0.1, 0.15) is 29.6 Å². The predicted octanol–water partition coefficient (Wildman–Crippen LogP) is 1.01. The van der Waals surface area contributed by atoms with E-state index < -0.39 is 18.5 Å². The van der Waals surface area contributed by atoms with Crippen LogP contribution in [0.3, 0.4) is 0 Å². The number of hydrogen-bond acceptors (Lipinski definition) is 6. The van der Waals surface area contributed by atoms with Gasteiger partial charge < -0.3 is 20.3 Å². The number of nitrogens with one attached hydrogen (secondary N) is 2. The van der Waals surface area contributed by atoms with E-state index in [-0.39, 0.29) is 30.0 Å². The molecule has 0 bridgehead atoms. The van der Waals surface area contributed by atoms with Gasteiger partial charge in [0.25, 0.3) is 5.91 Å². The summed E-state index contributed by atoms with van der Waals surface area (Å²) in [6, 6.07) is 5.12. The van der Waals surface area contributed by atoms with E-state index >= 15 is 0 Å². The molecule has 3 rings (SSSR count). The van der Waals surface area contributed by atoms with Gasteiger partial charge in [-0.2, -0.15) is 0 Å². The van der Waals surface area contributed by atoms with Crippen LogP contribution in [0.25, 0.3) is 0 Å². The van der Waals surface area contributed by atoms with Crippen LogP contribution in [0, 0.1) is 0 Å². The molecular formula is C18H21N3O5S. The fourth-order valence-electron chi connectivity index (χ4n) is 2.47. The van der Waals surface area contributed by atoms with Gasteiger partial charge in [-0.15, -0.1) is 11.8 Å². The van der Waals surface area contributed by atoms with E-state index in [2.05, 4.69) is 10.6 Å². The lowest BCUT2D eigenvalue weighted by Crippen LogP contribution is -2.40. The molecule has 1 saturated carbocycles. The summed E-state index contributed by atoms with van der Waals surface area (Å²) < 4.78 is 5.05. The summed E-state index contributed by atoms with van der Waals surface area (Å²) in [6.45, 7) is -0.529. The standard InChI is InChI=1S/C18H21N3O5S/c1-21(9-16(23)19-12-3-4-12)17(24)10-26-18(25)11-2-5-14-13(8-11)20-15(22)6-7-27-14/h2,5,8,12H,3-4,6-7,9-10H2,1H3,(H,19,23)(H,20,22). The molecule has 0 spiro atoms. The minimum atomic E-state index is -0.662. The Morgan fingerprint density at radius 2 is 2.11 bits per heavy atom. The van der Waals surface area contributed by atoms with Crippen molar-refractivity contribution in [2.75, 3.05) is 31.3 Å². The number of rotatable bonds is 6. The summed E-state index contributed by atoms with van der Waals surface area (Å²) in [5.74, 6) is -0.775. The molecule has 8 nitrogen and oxygen atoms in total. The molecule has 3 amide bonds. The SMILES string of the molecule is CN(CC(=O)NC1CC1)C(=O)COC(=O)c1ccc2c(c1)NC(=O)CCS2. The van der Waals surface area contributed by atoms with Crippen molar-refractivity contribution in [1.29, 1.82) is 0 Å². The van der Waals surface area contributed by atoms with Gasteiger partial charge in [0.05, 0.1) is 17.8 Å². The Morgan fingerprint density at radius 1 is 1.33 bits per heavy atom. The number of carbonyl (C=O) groups is 4. The molecule has 9 heteroatoms. The summed E-state index contributed by atoms with van der Waals surface area (Å²) in [5, 5.41) is 5.55. The summed E-state index contributed by atoms with van der Waals surface area (Å²) in [7, 11) is 1.48. The highest BCUT2D eigenvalue weighted by Gasteiger charge is 2.24.